The topological polar surface area (TPSA) is 60.5 Å². The van der Waals surface area contributed by atoms with Crippen molar-refractivity contribution >= 4 is 16.8 Å². The van der Waals surface area contributed by atoms with Crippen molar-refractivity contribution in [3.63, 3.8) is 0 Å². The Morgan fingerprint density at radius 2 is 1.79 bits per heavy atom. The third-order valence-electron chi connectivity index (χ3n) is 4.92. The van der Waals surface area contributed by atoms with Crippen molar-refractivity contribution in [1.29, 1.82) is 0 Å². The van der Waals surface area contributed by atoms with E-state index in [9.17, 15) is 4.79 Å². The van der Waals surface area contributed by atoms with Crippen molar-refractivity contribution < 1.29 is 14.3 Å². The van der Waals surface area contributed by atoms with Crippen LogP contribution in [0.15, 0.2) is 54.6 Å². The zero-order valence-electron chi connectivity index (χ0n) is 16.1. The van der Waals surface area contributed by atoms with Gasteiger partial charge in [-0.15, -0.1) is 0 Å². The first kappa shape index (κ1) is 18.3. The van der Waals surface area contributed by atoms with Crippen molar-refractivity contribution in [2.45, 2.75) is 26.3 Å². The Hall–Kier alpha value is -3.08. The van der Waals surface area contributed by atoms with Gasteiger partial charge in [-0.2, -0.15) is 0 Å². The number of fused-ring (bicyclic) bond motifs is 2. The fourth-order valence-electron chi connectivity index (χ4n) is 3.42. The number of para-hydroxylation sites is 1. The molecule has 2 aromatic carbocycles. The normalized spacial score (nSPS) is 14.5. The molecule has 1 aromatic heterocycles. The minimum absolute atomic E-state index is 0.155. The largest absolute Gasteiger partial charge is 0.490 e. The lowest BCUT2D eigenvalue weighted by Gasteiger charge is -2.23. The molecule has 0 bridgehead atoms. The molecule has 1 atom stereocenters. The Morgan fingerprint density at radius 1 is 1.00 bits per heavy atom. The van der Waals surface area contributed by atoms with E-state index in [1.54, 1.807) is 6.07 Å². The number of ether oxygens (including phenoxy) is 2. The third kappa shape index (κ3) is 3.79. The molecule has 1 aliphatic heterocycles. The number of nitrogens with one attached hydrogen (secondary N) is 1. The van der Waals surface area contributed by atoms with Gasteiger partial charge in [0.2, 0.25) is 0 Å². The van der Waals surface area contributed by atoms with E-state index < -0.39 is 0 Å². The molecule has 5 heteroatoms. The number of hydrogen-bond donors (Lipinski definition) is 1. The van der Waals surface area contributed by atoms with Gasteiger partial charge < -0.3 is 14.8 Å². The molecule has 1 N–H and O–H groups in total. The van der Waals surface area contributed by atoms with Crippen LogP contribution in [-0.2, 0) is 0 Å². The lowest BCUT2D eigenvalue weighted by Crippen LogP contribution is -2.32. The van der Waals surface area contributed by atoms with Crippen LogP contribution in [0, 0.1) is 5.92 Å². The Labute approximate surface area is 164 Å². The van der Waals surface area contributed by atoms with Crippen LogP contribution in [0.2, 0.25) is 0 Å². The number of nitrogens with zero attached hydrogens (tertiary/aromatic N) is 1. The summed E-state index contributed by atoms with van der Waals surface area (Å²) in [4.78, 5) is 17.4. The van der Waals surface area contributed by atoms with E-state index in [-0.39, 0.29) is 17.9 Å². The van der Waals surface area contributed by atoms with E-state index in [4.69, 9.17) is 9.47 Å². The van der Waals surface area contributed by atoms with E-state index in [2.05, 4.69) is 24.1 Å². The number of carbonyl (C=O) groups is 1. The summed E-state index contributed by atoms with van der Waals surface area (Å²) in [5, 5.41) is 4.15. The van der Waals surface area contributed by atoms with Gasteiger partial charge in [-0.1, -0.05) is 44.2 Å². The number of hydrogen-bond acceptors (Lipinski definition) is 4. The maximum Gasteiger partial charge on any atom is 0.270 e. The predicted molar refractivity (Wildman–Crippen MR) is 109 cm³/mol. The van der Waals surface area contributed by atoms with Crippen LogP contribution < -0.4 is 14.8 Å². The molecule has 0 saturated heterocycles. The smallest absolute Gasteiger partial charge is 0.270 e. The third-order valence-corrected chi connectivity index (χ3v) is 4.92. The van der Waals surface area contributed by atoms with Gasteiger partial charge in [0.25, 0.3) is 5.91 Å². The van der Waals surface area contributed by atoms with Gasteiger partial charge in [0.15, 0.2) is 11.5 Å². The fourth-order valence-corrected chi connectivity index (χ4v) is 3.42. The molecule has 0 radical (unpaired) electrons. The highest BCUT2D eigenvalue weighted by Crippen LogP contribution is 2.34. The van der Waals surface area contributed by atoms with E-state index in [0.717, 1.165) is 34.4 Å². The Morgan fingerprint density at radius 3 is 2.61 bits per heavy atom. The highest BCUT2D eigenvalue weighted by Gasteiger charge is 2.22. The molecule has 144 valence electrons. The molecule has 1 aliphatic rings. The number of rotatable bonds is 4. The molecule has 4 rings (SSSR count). The summed E-state index contributed by atoms with van der Waals surface area (Å²) < 4.78 is 11.5. The molecule has 0 aliphatic carbocycles. The van der Waals surface area contributed by atoms with Gasteiger partial charge in [0, 0.05) is 11.8 Å². The number of pyridine rings is 1. The Kier molecular flexibility index (Phi) is 5.15. The van der Waals surface area contributed by atoms with Crippen LogP contribution in [0.5, 0.6) is 11.5 Å². The fraction of sp³-hybridized carbons (Fsp3) is 0.304. The average Bonchev–Trinajstić information content (AvgIpc) is 2.96. The molecule has 0 spiro atoms. The maximum atomic E-state index is 12.9. The first-order valence-corrected chi connectivity index (χ1v) is 9.68. The lowest BCUT2D eigenvalue weighted by atomic mass is 9.95. The van der Waals surface area contributed by atoms with Gasteiger partial charge in [-0.3, -0.25) is 4.79 Å². The summed E-state index contributed by atoms with van der Waals surface area (Å²) in [5.41, 5.74) is 2.22. The van der Waals surface area contributed by atoms with E-state index in [0.29, 0.717) is 18.9 Å². The molecule has 1 amide bonds. The quantitative estimate of drug-likeness (QED) is 0.727. The molecule has 0 saturated carbocycles. The van der Waals surface area contributed by atoms with Crippen molar-refractivity contribution in [3.8, 4) is 11.5 Å². The minimum atomic E-state index is -0.184. The summed E-state index contributed by atoms with van der Waals surface area (Å²) >= 11 is 0. The molecule has 5 nitrogen and oxygen atoms in total. The number of carbonyl (C=O) groups excluding carboxylic acids is 1. The zero-order valence-corrected chi connectivity index (χ0v) is 16.1. The van der Waals surface area contributed by atoms with E-state index in [1.165, 1.54) is 0 Å². The van der Waals surface area contributed by atoms with Crippen molar-refractivity contribution in [2.24, 2.45) is 5.92 Å². The minimum Gasteiger partial charge on any atom is -0.490 e. The summed E-state index contributed by atoms with van der Waals surface area (Å²) in [7, 11) is 0. The van der Waals surface area contributed by atoms with Crippen LogP contribution in [0.1, 0.15) is 42.4 Å². The number of aromatic nitrogens is 1. The summed E-state index contributed by atoms with van der Waals surface area (Å²) in [5.74, 6) is 1.51. The first-order chi connectivity index (χ1) is 13.6. The zero-order chi connectivity index (χ0) is 19.5. The first-order valence-electron chi connectivity index (χ1n) is 9.68. The van der Waals surface area contributed by atoms with E-state index >= 15 is 0 Å². The Balaban J connectivity index is 1.59. The number of amides is 1. The summed E-state index contributed by atoms with van der Waals surface area (Å²) in [6.45, 7) is 5.46. The van der Waals surface area contributed by atoms with Gasteiger partial charge >= 0.3 is 0 Å². The highest BCUT2D eigenvalue weighted by molar-refractivity contribution is 5.95. The summed E-state index contributed by atoms with van der Waals surface area (Å²) in [6.07, 6.45) is 0.863. The number of benzene rings is 2. The SMILES string of the molecule is CC(C)[C@H](NC(=O)c1ccc2ccccc2n1)c1ccc2c(c1)OCCCO2. The van der Waals surface area contributed by atoms with Crippen LogP contribution in [0.3, 0.4) is 0 Å². The van der Waals surface area contributed by atoms with Gasteiger partial charge in [-0.05, 0) is 35.7 Å². The van der Waals surface area contributed by atoms with Crippen molar-refractivity contribution in [2.75, 3.05) is 13.2 Å². The van der Waals surface area contributed by atoms with Crippen LogP contribution in [0.4, 0.5) is 0 Å². The molecule has 3 aromatic rings. The predicted octanol–water partition coefficient (Wildman–Crippen LogP) is 4.52. The molecular weight excluding hydrogens is 352 g/mol. The van der Waals surface area contributed by atoms with Crippen molar-refractivity contribution in [3.05, 3.63) is 65.9 Å². The molecular formula is C23H24N2O3. The Bertz CT molecular complexity index is 1000. The molecule has 0 fully saturated rings. The van der Waals surface area contributed by atoms with Crippen LogP contribution >= 0.6 is 0 Å². The second-order valence-corrected chi connectivity index (χ2v) is 7.34. The lowest BCUT2D eigenvalue weighted by molar-refractivity contribution is 0.0920. The highest BCUT2D eigenvalue weighted by atomic mass is 16.5. The second kappa shape index (κ2) is 7.89. The van der Waals surface area contributed by atoms with Crippen LogP contribution in [-0.4, -0.2) is 24.1 Å². The monoisotopic (exact) mass is 376 g/mol. The second-order valence-electron chi connectivity index (χ2n) is 7.34. The molecule has 2 heterocycles. The van der Waals surface area contributed by atoms with E-state index in [1.807, 2.05) is 48.5 Å². The van der Waals surface area contributed by atoms with Gasteiger partial charge in [0.05, 0.1) is 24.8 Å². The molecule has 28 heavy (non-hydrogen) atoms. The summed E-state index contributed by atoms with van der Waals surface area (Å²) in [6, 6.07) is 17.2. The van der Waals surface area contributed by atoms with Gasteiger partial charge in [0.1, 0.15) is 5.69 Å². The molecule has 0 unspecified atom stereocenters. The van der Waals surface area contributed by atoms with Crippen LogP contribution in [0.25, 0.3) is 10.9 Å². The standard InChI is InChI=1S/C23H24N2O3/c1-15(2)22(17-9-11-20-21(14-17)28-13-5-12-27-20)25-23(26)19-10-8-16-6-3-4-7-18(16)24-19/h3-4,6-11,14-15,22H,5,12-13H2,1-2H3,(H,25,26)/t22-/m0/s1. The van der Waals surface area contributed by atoms with Crippen molar-refractivity contribution in [1.82, 2.24) is 10.3 Å². The maximum absolute atomic E-state index is 12.9. The van der Waals surface area contributed by atoms with Gasteiger partial charge in [-0.25, -0.2) is 4.98 Å². The average molecular weight is 376 g/mol.